The van der Waals surface area contributed by atoms with E-state index in [1.165, 1.54) is 5.56 Å². The van der Waals surface area contributed by atoms with E-state index in [1.54, 1.807) is 6.07 Å². The molecular weight excluding hydrogens is 336 g/mol. The smallest absolute Gasteiger partial charge is 0.126 e. The number of ether oxygens (including phenoxy) is 1. The Morgan fingerprint density at radius 2 is 1.48 bits per heavy atom. The molecule has 3 heteroatoms. The lowest BCUT2D eigenvalue weighted by Crippen LogP contribution is -2.02. The highest BCUT2D eigenvalue weighted by Gasteiger charge is 2.14. The van der Waals surface area contributed by atoms with Crippen LogP contribution in [0.3, 0.4) is 0 Å². The fraction of sp³-hybridized carbons (Fsp3) is 0.208. The Morgan fingerprint density at radius 1 is 0.815 bits per heavy atom. The third-order valence-corrected chi connectivity index (χ3v) is 4.60. The van der Waals surface area contributed by atoms with E-state index in [-0.39, 0.29) is 12.2 Å². The van der Waals surface area contributed by atoms with Crippen LogP contribution in [0.25, 0.3) is 0 Å². The topological polar surface area (TPSA) is 46.5 Å². The standard InChI is InChI=1S/C24H24O3/c25-17-16-21-14-15-23(27-18-20-10-5-2-6-11-20)22(24(21)26)13-7-12-19-8-3-1-4-9-19/h1-6,8-11,14-15,17,26H,7,12-13,16,18H2. The van der Waals surface area contributed by atoms with E-state index in [4.69, 9.17) is 4.74 Å². The van der Waals surface area contributed by atoms with Gasteiger partial charge in [0, 0.05) is 17.5 Å². The summed E-state index contributed by atoms with van der Waals surface area (Å²) < 4.78 is 5.99. The summed E-state index contributed by atoms with van der Waals surface area (Å²) in [7, 11) is 0. The van der Waals surface area contributed by atoms with Gasteiger partial charge in [-0.25, -0.2) is 0 Å². The summed E-state index contributed by atoms with van der Waals surface area (Å²) in [5.41, 5.74) is 3.77. The first kappa shape index (κ1) is 18.7. The molecule has 27 heavy (non-hydrogen) atoms. The van der Waals surface area contributed by atoms with Crippen molar-refractivity contribution in [2.24, 2.45) is 0 Å². The molecule has 3 nitrogen and oxygen atoms in total. The molecule has 0 amide bonds. The molecule has 0 aromatic heterocycles. The Kier molecular flexibility index (Phi) is 6.64. The maximum Gasteiger partial charge on any atom is 0.126 e. The molecule has 0 unspecified atom stereocenters. The van der Waals surface area contributed by atoms with Gasteiger partial charge in [0.1, 0.15) is 24.4 Å². The van der Waals surface area contributed by atoms with Crippen LogP contribution in [0.15, 0.2) is 72.8 Å². The van der Waals surface area contributed by atoms with Crippen molar-refractivity contribution in [3.63, 3.8) is 0 Å². The van der Waals surface area contributed by atoms with E-state index >= 15 is 0 Å². The second-order valence-corrected chi connectivity index (χ2v) is 6.53. The first-order valence-corrected chi connectivity index (χ1v) is 9.26. The van der Waals surface area contributed by atoms with Gasteiger partial charge in [-0.2, -0.15) is 0 Å². The van der Waals surface area contributed by atoms with Crippen LogP contribution in [0, 0.1) is 0 Å². The Balaban J connectivity index is 1.74. The summed E-state index contributed by atoms with van der Waals surface area (Å²) in [6.45, 7) is 0.443. The first-order chi connectivity index (χ1) is 13.3. The minimum absolute atomic E-state index is 0.181. The molecule has 0 saturated carbocycles. The van der Waals surface area contributed by atoms with Crippen LogP contribution in [0.4, 0.5) is 0 Å². The van der Waals surface area contributed by atoms with E-state index < -0.39 is 0 Å². The molecule has 0 fully saturated rings. The number of hydrogen-bond acceptors (Lipinski definition) is 3. The number of benzene rings is 3. The molecule has 3 aromatic carbocycles. The molecule has 1 N–H and O–H groups in total. The van der Waals surface area contributed by atoms with Gasteiger partial charge in [0.05, 0.1) is 0 Å². The Hall–Kier alpha value is -3.07. The van der Waals surface area contributed by atoms with Gasteiger partial charge in [0.15, 0.2) is 0 Å². The molecule has 0 radical (unpaired) electrons. The molecule has 0 bridgehead atoms. The molecule has 0 aliphatic heterocycles. The highest BCUT2D eigenvalue weighted by atomic mass is 16.5. The normalized spacial score (nSPS) is 10.5. The van der Waals surface area contributed by atoms with Gasteiger partial charge in [0.25, 0.3) is 0 Å². The highest BCUT2D eigenvalue weighted by molar-refractivity contribution is 5.60. The minimum atomic E-state index is 0.181. The molecule has 0 saturated heterocycles. The van der Waals surface area contributed by atoms with Gasteiger partial charge in [-0.1, -0.05) is 66.7 Å². The third kappa shape index (κ3) is 5.20. The Morgan fingerprint density at radius 3 is 2.15 bits per heavy atom. The molecule has 0 aliphatic rings. The van der Waals surface area contributed by atoms with E-state index in [0.717, 1.165) is 30.3 Å². The number of carbonyl (C=O) groups excluding carboxylic acids is 1. The largest absolute Gasteiger partial charge is 0.507 e. The highest BCUT2D eigenvalue weighted by Crippen LogP contribution is 2.33. The van der Waals surface area contributed by atoms with Gasteiger partial charge in [-0.3, -0.25) is 0 Å². The summed E-state index contributed by atoms with van der Waals surface area (Å²) in [4.78, 5) is 10.9. The molecule has 3 rings (SSSR count). The zero-order chi connectivity index (χ0) is 18.9. The molecule has 0 aliphatic carbocycles. The van der Waals surface area contributed by atoms with Crippen molar-refractivity contribution in [3.05, 3.63) is 95.1 Å². The van der Waals surface area contributed by atoms with E-state index in [9.17, 15) is 9.90 Å². The minimum Gasteiger partial charge on any atom is -0.507 e. The van der Waals surface area contributed by atoms with E-state index in [0.29, 0.717) is 24.3 Å². The van der Waals surface area contributed by atoms with Crippen molar-refractivity contribution in [1.82, 2.24) is 0 Å². The lowest BCUT2D eigenvalue weighted by atomic mass is 9.99. The maximum atomic E-state index is 10.9. The zero-order valence-electron chi connectivity index (χ0n) is 15.3. The fourth-order valence-corrected chi connectivity index (χ4v) is 3.15. The monoisotopic (exact) mass is 360 g/mol. The average Bonchev–Trinajstić information content (AvgIpc) is 2.71. The van der Waals surface area contributed by atoms with E-state index in [2.05, 4.69) is 12.1 Å². The van der Waals surface area contributed by atoms with Crippen molar-refractivity contribution in [1.29, 1.82) is 0 Å². The van der Waals surface area contributed by atoms with Gasteiger partial charge in [-0.05, 0) is 36.5 Å². The summed E-state index contributed by atoms with van der Waals surface area (Å²) in [5.74, 6) is 0.861. The number of aryl methyl sites for hydroxylation is 1. The zero-order valence-corrected chi connectivity index (χ0v) is 15.3. The Labute approximate surface area is 160 Å². The number of aldehydes is 1. The Bertz CT molecular complexity index is 858. The van der Waals surface area contributed by atoms with Gasteiger partial charge in [-0.15, -0.1) is 0 Å². The van der Waals surface area contributed by atoms with Crippen LogP contribution in [0.1, 0.15) is 28.7 Å². The number of carbonyl (C=O) groups is 1. The quantitative estimate of drug-likeness (QED) is 0.553. The summed E-state index contributed by atoms with van der Waals surface area (Å²) >= 11 is 0. The first-order valence-electron chi connectivity index (χ1n) is 9.26. The summed E-state index contributed by atoms with van der Waals surface area (Å²) in [6.07, 6.45) is 3.53. The lowest BCUT2D eigenvalue weighted by molar-refractivity contribution is -0.107. The molecule has 0 atom stereocenters. The second-order valence-electron chi connectivity index (χ2n) is 6.53. The van der Waals surface area contributed by atoms with E-state index in [1.807, 2.05) is 54.6 Å². The molecule has 0 heterocycles. The van der Waals surface area contributed by atoms with Crippen molar-refractivity contribution in [3.8, 4) is 11.5 Å². The second kappa shape index (κ2) is 9.58. The number of hydrogen-bond donors (Lipinski definition) is 1. The SMILES string of the molecule is O=CCc1ccc(OCc2ccccc2)c(CCCc2ccccc2)c1O. The van der Waals surface area contributed by atoms with Crippen molar-refractivity contribution < 1.29 is 14.6 Å². The molecule has 0 spiro atoms. The number of aromatic hydroxyl groups is 1. The third-order valence-electron chi connectivity index (χ3n) is 4.60. The van der Waals surface area contributed by atoms with Crippen LogP contribution < -0.4 is 4.74 Å². The number of phenolic OH excluding ortho intramolecular Hbond substituents is 1. The van der Waals surface area contributed by atoms with Crippen LogP contribution in [0.5, 0.6) is 11.5 Å². The van der Waals surface area contributed by atoms with Crippen molar-refractivity contribution in [2.45, 2.75) is 32.3 Å². The summed E-state index contributed by atoms with van der Waals surface area (Å²) in [6, 6.07) is 23.9. The molecule has 3 aromatic rings. The molecular formula is C24H24O3. The lowest BCUT2D eigenvalue weighted by Gasteiger charge is -2.15. The maximum absolute atomic E-state index is 10.9. The van der Waals surface area contributed by atoms with Gasteiger partial charge >= 0.3 is 0 Å². The van der Waals surface area contributed by atoms with Crippen LogP contribution in [0.2, 0.25) is 0 Å². The van der Waals surface area contributed by atoms with Crippen LogP contribution >= 0.6 is 0 Å². The van der Waals surface area contributed by atoms with Gasteiger partial charge in [0.2, 0.25) is 0 Å². The number of phenols is 1. The number of rotatable bonds is 9. The average molecular weight is 360 g/mol. The van der Waals surface area contributed by atoms with Crippen molar-refractivity contribution >= 4 is 6.29 Å². The fourth-order valence-electron chi connectivity index (χ4n) is 3.15. The summed E-state index contributed by atoms with van der Waals surface area (Å²) in [5, 5.41) is 10.7. The predicted molar refractivity (Wildman–Crippen MR) is 107 cm³/mol. The van der Waals surface area contributed by atoms with Gasteiger partial charge < -0.3 is 14.6 Å². The predicted octanol–water partition coefficient (Wildman–Crippen LogP) is 4.89. The van der Waals surface area contributed by atoms with Crippen LogP contribution in [-0.2, 0) is 30.7 Å². The van der Waals surface area contributed by atoms with Crippen LogP contribution in [-0.4, -0.2) is 11.4 Å². The molecule has 138 valence electrons. The van der Waals surface area contributed by atoms with Crippen molar-refractivity contribution in [2.75, 3.05) is 0 Å².